The molecule has 2 unspecified atom stereocenters. The van der Waals surface area contributed by atoms with Crippen LogP contribution in [0.4, 0.5) is 0 Å². The third kappa shape index (κ3) is 3.88. The van der Waals surface area contributed by atoms with Crippen molar-refractivity contribution in [3.05, 3.63) is 59.2 Å². The number of hydrogen-bond acceptors (Lipinski definition) is 5. The summed E-state index contributed by atoms with van der Waals surface area (Å²) in [6.45, 7) is 0. The highest BCUT2D eigenvalue weighted by atomic mass is 32.2. The zero-order chi connectivity index (χ0) is 20.7. The van der Waals surface area contributed by atoms with Gasteiger partial charge in [-0.25, -0.2) is 13.4 Å². The van der Waals surface area contributed by atoms with Gasteiger partial charge in [-0.2, -0.15) is 0 Å². The number of H-pyrrole nitrogens is 1. The standard InChI is InChI=1S/C23H24N2O3S2/c26-17-4-1-15(13-17)14-20(21-9-10-22(25-21)23-24-11-12-29-23)16-2-5-18(6-3-16)30(27,28)19-7-8-19/h2-3,5-6,9-12,15,19-20,25H,1,4,7-8,13-14H2. The molecule has 7 heteroatoms. The largest absolute Gasteiger partial charge is 0.356 e. The van der Waals surface area contributed by atoms with E-state index < -0.39 is 9.84 Å². The fraction of sp³-hybridized carbons (Fsp3) is 0.391. The summed E-state index contributed by atoms with van der Waals surface area (Å²) in [4.78, 5) is 20.1. The van der Waals surface area contributed by atoms with Crippen molar-refractivity contribution in [1.82, 2.24) is 9.97 Å². The molecule has 2 aliphatic carbocycles. The number of Topliss-reactive ketones (excluding diaryl/α,β-unsaturated/α-hetero) is 1. The lowest BCUT2D eigenvalue weighted by atomic mass is 9.86. The molecule has 2 heterocycles. The van der Waals surface area contributed by atoms with Gasteiger partial charge in [0, 0.05) is 36.0 Å². The van der Waals surface area contributed by atoms with Gasteiger partial charge in [0.05, 0.1) is 15.8 Å². The molecule has 2 saturated carbocycles. The van der Waals surface area contributed by atoms with E-state index in [2.05, 4.69) is 16.0 Å². The van der Waals surface area contributed by atoms with Crippen molar-refractivity contribution in [3.8, 4) is 10.7 Å². The fourth-order valence-electron chi connectivity index (χ4n) is 4.43. The van der Waals surface area contributed by atoms with Gasteiger partial charge in [0.15, 0.2) is 9.84 Å². The molecule has 2 aliphatic rings. The highest BCUT2D eigenvalue weighted by molar-refractivity contribution is 7.92. The molecule has 0 radical (unpaired) electrons. The molecular weight excluding hydrogens is 416 g/mol. The van der Waals surface area contributed by atoms with Crippen molar-refractivity contribution in [1.29, 1.82) is 0 Å². The lowest BCUT2D eigenvalue weighted by Crippen LogP contribution is -2.10. The van der Waals surface area contributed by atoms with Crippen LogP contribution in [0.2, 0.25) is 0 Å². The van der Waals surface area contributed by atoms with Gasteiger partial charge >= 0.3 is 0 Å². The Hall–Kier alpha value is -2.25. The molecule has 1 N–H and O–H groups in total. The van der Waals surface area contributed by atoms with Crippen molar-refractivity contribution in [2.24, 2.45) is 5.92 Å². The first kappa shape index (κ1) is 19.7. The fourth-order valence-corrected chi connectivity index (χ4v) is 6.70. The second kappa shape index (κ2) is 7.78. The molecule has 0 saturated heterocycles. The number of aromatic nitrogens is 2. The van der Waals surface area contributed by atoms with E-state index in [1.807, 2.05) is 23.6 Å². The number of nitrogens with one attached hydrogen (secondary N) is 1. The highest BCUT2D eigenvalue weighted by Crippen LogP contribution is 2.39. The summed E-state index contributed by atoms with van der Waals surface area (Å²) in [7, 11) is -3.19. The predicted octanol–water partition coefficient (Wildman–Crippen LogP) is 4.97. The number of carbonyl (C=O) groups is 1. The van der Waals surface area contributed by atoms with E-state index >= 15 is 0 Å². The number of thiazole rings is 1. The number of benzene rings is 1. The second-order valence-corrected chi connectivity index (χ2v) is 11.5. The van der Waals surface area contributed by atoms with Gasteiger partial charge in [-0.05, 0) is 61.4 Å². The highest BCUT2D eigenvalue weighted by Gasteiger charge is 2.37. The molecule has 0 aliphatic heterocycles. The molecule has 5 nitrogen and oxygen atoms in total. The van der Waals surface area contributed by atoms with Crippen LogP contribution in [0.25, 0.3) is 10.7 Å². The third-order valence-corrected chi connectivity index (χ3v) is 9.32. The van der Waals surface area contributed by atoms with Crippen LogP contribution in [0.5, 0.6) is 0 Å². The molecule has 30 heavy (non-hydrogen) atoms. The minimum Gasteiger partial charge on any atom is -0.356 e. The maximum atomic E-state index is 12.5. The molecule has 0 bridgehead atoms. The minimum absolute atomic E-state index is 0.0901. The maximum absolute atomic E-state index is 12.5. The zero-order valence-corrected chi connectivity index (χ0v) is 18.2. The Morgan fingerprint density at radius 3 is 2.53 bits per heavy atom. The van der Waals surface area contributed by atoms with Gasteiger partial charge in [-0.15, -0.1) is 11.3 Å². The van der Waals surface area contributed by atoms with Crippen LogP contribution in [-0.2, 0) is 14.6 Å². The topological polar surface area (TPSA) is 79.9 Å². The molecule has 1 aromatic carbocycles. The van der Waals surface area contributed by atoms with Gasteiger partial charge in [-0.3, -0.25) is 4.79 Å². The van der Waals surface area contributed by atoms with Crippen LogP contribution >= 0.6 is 11.3 Å². The first-order chi connectivity index (χ1) is 14.5. The summed E-state index contributed by atoms with van der Waals surface area (Å²) in [6.07, 6.45) is 6.45. The van der Waals surface area contributed by atoms with Crippen molar-refractivity contribution in [3.63, 3.8) is 0 Å². The predicted molar refractivity (Wildman–Crippen MR) is 117 cm³/mol. The first-order valence-corrected chi connectivity index (χ1v) is 12.9. The van der Waals surface area contributed by atoms with E-state index in [1.54, 1.807) is 29.7 Å². The van der Waals surface area contributed by atoms with Crippen LogP contribution in [-0.4, -0.2) is 29.4 Å². The average molecular weight is 441 g/mol. The van der Waals surface area contributed by atoms with Gasteiger partial charge in [0.1, 0.15) is 10.8 Å². The van der Waals surface area contributed by atoms with Crippen LogP contribution in [0.15, 0.2) is 52.9 Å². The van der Waals surface area contributed by atoms with E-state index in [0.29, 0.717) is 29.4 Å². The van der Waals surface area contributed by atoms with Gasteiger partial charge in [0.2, 0.25) is 0 Å². The number of aromatic amines is 1. The Labute approximate surface area is 180 Å². The Balaban J connectivity index is 1.46. The molecule has 0 amide bonds. The molecule has 5 rings (SSSR count). The summed E-state index contributed by atoms with van der Waals surface area (Å²) in [5, 5.41) is 2.70. The molecule has 2 fully saturated rings. The quantitative estimate of drug-likeness (QED) is 0.563. The molecule has 156 valence electrons. The summed E-state index contributed by atoms with van der Waals surface area (Å²) in [5.74, 6) is 0.802. The maximum Gasteiger partial charge on any atom is 0.181 e. The summed E-state index contributed by atoms with van der Waals surface area (Å²) >= 11 is 1.59. The molecule has 2 aromatic heterocycles. The monoisotopic (exact) mass is 440 g/mol. The Morgan fingerprint density at radius 2 is 1.90 bits per heavy atom. The smallest absolute Gasteiger partial charge is 0.181 e. The second-order valence-electron chi connectivity index (χ2n) is 8.41. The van der Waals surface area contributed by atoms with Gasteiger partial charge < -0.3 is 4.98 Å². The van der Waals surface area contributed by atoms with Crippen molar-refractivity contribution in [2.75, 3.05) is 0 Å². The Bertz CT molecular complexity index is 1140. The molecule has 0 spiro atoms. The van der Waals surface area contributed by atoms with E-state index in [4.69, 9.17) is 0 Å². The van der Waals surface area contributed by atoms with Crippen molar-refractivity contribution < 1.29 is 13.2 Å². The van der Waals surface area contributed by atoms with E-state index in [9.17, 15) is 13.2 Å². The third-order valence-electron chi connectivity index (χ3n) is 6.24. The lowest BCUT2D eigenvalue weighted by Gasteiger charge is -2.20. The Kier molecular flexibility index (Phi) is 5.11. The van der Waals surface area contributed by atoms with E-state index in [1.165, 1.54) is 0 Å². The van der Waals surface area contributed by atoms with Gasteiger partial charge in [-0.1, -0.05) is 12.1 Å². The van der Waals surface area contributed by atoms with Crippen LogP contribution in [0.3, 0.4) is 0 Å². The van der Waals surface area contributed by atoms with E-state index in [0.717, 1.165) is 47.6 Å². The van der Waals surface area contributed by atoms with Crippen LogP contribution in [0, 0.1) is 5.92 Å². The van der Waals surface area contributed by atoms with Crippen molar-refractivity contribution >= 4 is 27.0 Å². The summed E-state index contributed by atoms with van der Waals surface area (Å²) < 4.78 is 25.1. The number of carbonyl (C=O) groups excluding carboxylic acids is 1. The summed E-state index contributed by atoms with van der Waals surface area (Å²) in [5.41, 5.74) is 3.15. The van der Waals surface area contributed by atoms with Gasteiger partial charge in [0.25, 0.3) is 0 Å². The number of nitrogens with zero attached hydrogens (tertiary/aromatic N) is 1. The number of hydrogen-bond donors (Lipinski definition) is 1. The van der Waals surface area contributed by atoms with Crippen LogP contribution in [0.1, 0.15) is 55.7 Å². The Morgan fingerprint density at radius 1 is 1.10 bits per heavy atom. The molecule has 3 aromatic rings. The van der Waals surface area contributed by atoms with E-state index in [-0.39, 0.29) is 11.2 Å². The SMILES string of the molecule is O=C1CCC(CC(c2ccc(S(=O)(=O)C3CC3)cc2)c2ccc(-c3nccs3)[nH]2)C1. The molecular formula is C23H24N2O3S2. The number of sulfone groups is 1. The first-order valence-electron chi connectivity index (χ1n) is 10.4. The minimum atomic E-state index is -3.19. The summed E-state index contributed by atoms with van der Waals surface area (Å²) in [6, 6.07) is 11.5. The van der Waals surface area contributed by atoms with Crippen LogP contribution < -0.4 is 0 Å². The normalized spacial score (nSPS) is 20.5. The number of ketones is 1. The lowest BCUT2D eigenvalue weighted by molar-refractivity contribution is -0.117. The van der Waals surface area contributed by atoms with Crippen molar-refractivity contribution in [2.45, 2.75) is 54.6 Å². The number of rotatable bonds is 7. The average Bonchev–Trinajstić information content (AvgIpc) is 3.12. The zero-order valence-electron chi connectivity index (χ0n) is 16.6. The molecule has 2 atom stereocenters.